The Morgan fingerprint density at radius 1 is 1.06 bits per heavy atom. The highest BCUT2D eigenvalue weighted by Crippen LogP contribution is 2.26. The Labute approximate surface area is 187 Å². The zero-order valence-electron chi connectivity index (χ0n) is 19.0. The third-order valence-electron chi connectivity index (χ3n) is 5.69. The summed E-state index contributed by atoms with van der Waals surface area (Å²) in [5, 5.41) is 0.938. The highest BCUT2D eigenvalue weighted by atomic mass is 19.1. The summed E-state index contributed by atoms with van der Waals surface area (Å²) in [4.78, 5) is 15.5. The van der Waals surface area contributed by atoms with E-state index in [4.69, 9.17) is 0 Å². The first-order valence-corrected chi connectivity index (χ1v) is 11.1. The third-order valence-corrected chi connectivity index (χ3v) is 5.69. The third kappa shape index (κ3) is 4.56. The Balaban J connectivity index is 1.69. The maximum Gasteiger partial charge on any atom is 0.173 e. The minimum Gasteiger partial charge on any atom is -0.371 e. The summed E-state index contributed by atoms with van der Waals surface area (Å²) in [6, 6.07) is 7.55. The quantitative estimate of drug-likeness (QED) is 0.336. The molecule has 0 N–H and O–H groups in total. The summed E-state index contributed by atoms with van der Waals surface area (Å²) in [5.74, 6) is 1.05. The Morgan fingerprint density at radius 2 is 1.88 bits per heavy atom. The first-order valence-electron chi connectivity index (χ1n) is 11.1. The number of fused-ring (bicyclic) bond motifs is 2. The Bertz CT molecular complexity index is 1230. The number of hydrogen-bond acceptors (Lipinski definition) is 4. The molecular formula is C25H29F2N5. The van der Waals surface area contributed by atoms with Crippen LogP contribution >= 0.6 is 0 Å². The molecule has 7 heteroatoms. The van der Waals surface area contributed by atoms with Gasteiger partial charge in [0.2, 0.25) is 0 Å². The van der Waals surface area contributed by atoms with Crippen LogP contribution in [-0.4, -0.2) is 32.4 Å². The highest BCUT2D eigenvalue weighted by Gasteiger charge is 2.15. The van der Waals surface area contributed by atoms with Gasteiger partial charge in [0.05, 0.1) is 11.2 Å². The van der Waals surface area contributed by atoms with Crippen LogP contribution in [-0.2, 0) is 6.67 Å². The van der Waals surface area contributed by atoms with E-state index in [-0.39, 0.29) is 11.3 Å². The molecule has 0 saturated heterocycles. The van der Waals surface area contributed by atoms with Crippen LogP contribution in [0.4, 0.5) is 14.5 Å². The van der Waals surface area contributed by atoms with E-state index in [1.54, 1.807) is 12.4 Å². The topological polar surface area (TPSA) is 46.3 Å². The summed E-state index contributed by atoms with van der Waals surface area (Å²) < 4.78 is 28.9. The summed E-state index contributed by atoms with van der Waals surface area (Å²) in [6.45, 7) is 10.2. The first-order chi connectivity index (χ1) is 15.4. The predicted molar refractivity (Wildman–Crippen MR) is 125 cm³/mol. The van der Waals surface area contributed by atoms with Gasteiger partial charge >= 0.3 is 0 Å². The first kappa shape index (κ1) is 22.1. The molecule has 168 valence electrons. The monoisotopic (exact) mass is 437 g/mol. The normalized spacial score (nSPS) is 12.7. The van der Waals surface area contributed by atoms with E-state index >= 15 is 0 Å². The van der Waals surface area contributed by atoms with Crippen LogP contribution < -0.4 is 4.90 Å². The van der Waals surface area contributed by atoms with Gasteiger partial charge in [-0.05, 0) is 36.1 Å². The molecule has 0 amide bonds. The zero-order valence-corrected chi connectivity index (χ0v) is 19.0. The molecule has 32 heavy (non-hydrogen) atoms. The van der Waals surface area contributed by atoms with E-state index in [9.17, 15) is 8.78 Å². The van der Waals surface area contributed by atoms with Crippen molar-refractivity contribution in [3.63, 3.8) is 0 Å². The van der Waals surface area contributed by atoms with Gasteiger partial charge in [0.15, 0.2) is 17.3 Å². The molecule has 5 nitrogen and oxygen atoms in total. The summed E-state index contributed by atoms with van der Waals surface area (Å²) in [5.41, 5.74) is 2.76. The van der Waals surface area contributed by atoms with Gasteiger partial charge in [-0.25, -0.2) is 23.7 Å². The molecule has 0 aliphatic rings. The van der Waals surface area contributed by atoms with Crippen LogP contribution in [0.2, 0.25) is 0 Å². The van der Waals surface area contributed by atoms with Gasteiger partial charge in [-0.2, -0.15) is 0 Å². The number of rotatable bonds is 8. The average molecular weight is 438 g/mol. The Morgan fingerprint density at radius 3 is 2.59 bits per heavy atom. The molecule has 0 spiro atoms. The zero-order chi connectivity index (χ0) is 22.8. The maximum absolute atomic E-state index is 14.5. The lowest BCUT2D eigenvalue weighted by atomic mass is 10.1. The van der Waals surface area contributed by atoms with Crippen molar-refractivity contribution in [1.82, 2.24) is 19.4 Å². The van der Waals surface area contributed by atoms with Crippen LogP contribution in [0, 0.1) is 17.7 Å². The van der Waals surface area contributed by atoms with Gasteiger partial charge in [0.1, 0.15) is 6.67 Å². The molecule has 1 aromatic carbocycles. The molecule has 3 heterocycles. The standard InChI is InChI=1S/C25H29F2N5/c1-5-17(4)13-31(12-16(2)3)21-6-7-23-18(8-21)11-28-24(30-23)19-9-22(27)25-29-20(10-26)15-32(25)14-19/h6-9,11,14-17H,5,10,12-13H2,1-4H3/t17-/m1/s1. The van der Waals surface area contributed by atoms with E-state index in [0.717, 1.165) is 36.1 Å². The van der Waals surface area contributed by atoms with Gasteiger partial charge in [-0.3, -0.25) is 0 Å². The Kier molecular flexibility index (Phi) is 6.35. The average Bonchev–Trinajstić information content (AvgIpc) is 3.21. The molecule has 4 aromatic rings. The largest absolute Gasteiger partial charge is 0.371 e. The molecule has 0 saturated carbocycles. The molecule has 0 unspecified atom stereocenters. The summed E-state index contributed by atoms with van der Waals surface area (Å²) in [6.07, 6.45) is 6.08. The fourth-order valence-corrected chi connectivity index (χ4v) is 3.88. The smallest absolute Gasteiger partial charge is 0.173 e. The molecule has 0 fully saturated rings. The van der Waals surface area contributed by atoms with Gasteiger partial charge in [0, 0.05) is 48.3 Å². The van der Waals surface area contributed by atoms with Crippen molar-refractivity contribution in [3.8, 4) is 11.4 Å². The van der Waals surface area contributed by atoms with Gasteiger partial charge in [0.25, 0.3) is 0 Å². The number of alkyl halides is 1. The lowest BCUT2D eigenvalue weighted by Crippen LogP contribution is -2.31. The number of pyridine rings is 1. The lowest BCUT2D eigenvalue weighted by molar-refractivity contribution is 0.477. The second-order valence-electron chi connectivity index (χ2n) is 8.92. The maximum atomic E-state index is 14.5. The van der Waals surface area contributed by atoms with Gasteiger partial charge in [-0.15, -0.1) is 0 Å². The van der Waals surface area contributed by atoms with Crippen molar-refractivity contribution in [2.75, 3.05) is 18.0 Å². The number of nitrogens with zero attached hydrogens (tertiary/aromatic N) is 5. The molecule has 4 rings (SSSR count). The van der Waals surface area contributed by atoms with Crippen LogP contribution in [0.3, 0.4) is 0 Å². The SMILES string of the molecule is CC[C@@H](C)CN(CC(C)C)c1ccc2nc(-c3cc(F)c4nc(CF)cn4c3)ncc2c1. The van der Waals surface area contributed by atoms with Crippen LogP contribution in [0.5, 0.6) is 0 Å². The second-order valence-corrected chi connectivity index (χ2v) is 8.92. The lowest BCUT2D eigenvalue weighted by Gasteiger charge is -2.29. The van der Waals surface area contributed by atoms with Crippen molar-refractivity contribution in [2.45, 2.75) is 40.8 Å². The van der Waals surface area contributed by atoms with E-state index in [0.29, 0.717) is 23.2 Å². The number of hydrogen-bond donors (Lipinski definition) is 0. The fourth-order valence-electron chi connectivity index (χ4n) is 3.88. The minimum absolute atomic E-state index is 0.0957. The minimum atomic E-state index is -0.740. The number of anilines is 1. The van der Waals surface area contributed by atoms with Crippen LogP contribution in [0.1, 0.15) is 39.8 Å². The van der Waals surface area contributed by atoms with E-state index in [2.05, 4.69) is 59.7 Å². The molecule has 3 aromatic heterocycles. The van der Waals surface area contributed by atoms with E-state index in [1.807, 2.05) is 6.07 Å². The Hall–Kier alpha value is -3.09. The number of imidazole rings is 1. The molecule has 0 bridgehead atoms. The molecular weight excluding hydrogens is 408 g/mol. The summed E-state index contributed by atoms with van der Waals surface area (Å²) >= 11 is 0. The van der Waals surface area contributed by atoms with Crippen molar-refractivity contribution in [1.29, 1.82) is 0 Å². The van der Waals surface area contributed by atoms with E-state index < -0.39 is 12.5 Å². The fraction of sp³-hybridized carbons (Fsp3) is 0.400. The van der Waals surface area contributed by atoms with Crippen molar-refractivity contribution >= 4 is 22.2 Å². The van der Waals surface area contributed by atoms with Crippen molar-refractivity contribution in [3.05, 3.63) is 54.4 Å². The number of benzene rings is 1. The molecule has 0 aliphatic heterocycles. The van der Waals surface area contributed by atoms with Crippen molar-refractivity contribution < 1.29 is 8.78 Å². The van der Waals surface area contributed by atoms with E-state index in [1.165, 1.54) is 16.7 Å². The molecule has 1 atom stereocenters. The van der Waals surface area contributed by atoms with Gasteiger partial charge < -0.3 is 9.30 Å². The number of halogens is 2. The molecule has 0 aliphatic carbocycles. The molecule has 0 radical (unpaired) electrons. The second kappa shape index (κ2) is 9.18. The highest BCUT2D eigenvalue weighted by molar-refractivity contribution is 5.83. The van der Waals surface area contributed by atoms with Gasteiger partial charge in [-0.1, -0.05) is 34.1 Å². The van der Waals surface area contributed by atoms with Crippen LogP contribution in [0.25, 0.3) is 27.9 Å². The predicted octanol–water partition coefficient (Wildman–Crippen LogP) is 6.06. The van der Waals surface area contributed by atoms with Crippen molar-refractivity contribution in [2.24, 2.45) is 11.8 Å². The van der Waals surface area contributed by atoms with Crippen LogP contribution in [0.15, 0.2) is 42.9 Å². The number of aromatic nitrogens is 4. The summed E-state index contributed by atoms with van der Waals surface area (Å²) in [7, 11) is 0.